The van der Waals surface area contributed by atoms with Gasteiger partial charge in [0.2, 0.25) is 0 Å². The summed E-state index contributed by atoms with van der Waals surface area (Å²) in [6, 6.07) is 8.58. The average Bonchev–Trinajstić information content (AvgIpc) is 2.68. The summed E-state index contributed by atoms with van der Waals surface area (Å²) in [5, 5.41) is 11.6. The Bertz CT molecular complexity index is 504. The van der Waals surface area contributed by atoms with Crippen LogP contribution in [0.2, 0.25) is 0 Å². The van der Waals surface area contributed by atoms with Gasteiger partial charge in [-0.25, -0.2) is 4.68 Å². The minimum absolute atomic E-state index is 0.0985. The van der Waals surface area contributed by atoms with Gasteiger partial charge in [0, 0.05) is 10.6 Å². The molecule has 0 spiro atoms. The van der Waals surface area contributed by atoms with Crippen molar-refractivity contribution in [2.24, 2.45) is 7.05 Å². The molecule has 2 rings (SSSR count). The third-order valence-corrected chi connectivity index (χ3v) is 4.00. The van der Waals surface area contributed by atoms with Crippen LogP contribution in [0.25, 0.3) is 0 Å². The molecule has 1 atom stereocenters. The quantitative estimate of drug-likeness (QED) is 0.773. The van der Waals surface area contributed by atoms with Crippen LogP contribution in [0.1, 0.15) is 24.2 Å². The average molecular weight is 421 g/mol. The van der Waals surface area contributed by atoms with Gasteiger partial charge in [0.05, 0.1) is 11.7 Å². The summed E-state index contributed by atoms with van der Waals surface area (Å²) >= 11 is 5.77. The molecule has 6 heteroatoms. The molecule has 1 aromatic heterocycles. The Kier molecular flexibility index (Phi) is 4.74. The number of nitrogens with zero attached hydrogens (tertiary/aromatic N) is 3. The van der Waals surface area contributed by atoms with Crippen LogP contribution >= 0.6 is 38.5 Å². The molecule has 0 amide bonds. The summed E-state index contributed by atoms with van der Waals surface area (Å²) in [5.74, 6) is 0. The zero-order chi connectivity index (χ0) is 13.1. The zero-order valence-electron chi connectivity index (χ0n) is 10.2. The molecule has 4 nitrogen and oxygen atoms in total. The van der Waals surface area contributed by atoms with E-state index in [-0.39, 0.29) is 6.04 Å². The fourth-order valence-electron chi connectivity index (χ4n) is 1.88. The van der Waals surface area contributed by atoms with Gasteiger partial charge in [0.1, 0.15) is 0 Å². The van der Waals surface area contributed by atoms with Crippen molar-refractivity contribution in [1.29, 1.82) is 0 Å². The first kappa shape index (κ1) is 14.0. The minimum Gasteiger partial charge on any atom is -0.305 e. The lowest BCUT2D eigenvalue weighted by atomic mass is 10.0. The molecule has 0 saturated carbocycles. The van der Waals surface area contributed by atoms with Crippen molar-refractivity contribution in [1.82, 2.24) is 20.3 Å². The van der Waals surface area contributed by atoms with Crippen LogP contribution < -0.4 is 5.32 Å². The van der Waals surface area contributed by atoms with Crippen LogP contribution in [0.15, 0.2) is 28.9 Å². The van der Waals surface area contributed by atoms with Crippen molar-refractivity contribution in [3.8, 4) is 0 Å². The van der Waals surface area contributed by atoms with Crippen LogP contribution in [0, 0.1) is 3.57 Å². The Morgan fingerprint density at radius 2 is 2.06 bits per heavy atom. The van der Waals surface area contributed by atoms with E-state index in [9.17, 15) is 0 Å². The van der Waals surface area contributed by atoms with Gasteiger partial charge in [-0.1, -0.05) is 24.3 Å². The maximum atomic E-state index is 4.05. The van der Waals surface area contributed by atoms with E-state index >= 15 is 0 Å². The van der Waals surface area contributed by atoms with Crippen LogP contribution in [0.5, 0.6) is 0 Å². The molecule has 1 aromatic carbocycles. The lowest BCUT2D eigenvalue weighted by Gasteiger charge is -2.18. The standard InChI is InChI=1S/C12H14BrIN4/c1-3-15-10(8-4-6-9(14)7-5-8)11-12(13)16-17-18(11)2/h4-7,10,15H,3H2,1-2H3. The molecule has 0 bridgehead atoms. The van der Waals surface area contributed by atoms with Gasteiger partial charge in [-0.15, -0.1) is 5.10 Å². The van der Waals surface area contributed by atoms with Crippen molar-refractivity contribution >= 4 is 38.5 Å². The molecule has 1 unspecified atom stereocenters. The van der Waals surface area contributed by atoms with Crippen molar-refractivity contribution in [3.05, 3.63) is 43.7 Å². The van der Waals surface area contributed by atoms with E-state index in [1.807, 2.05) is 7.05 Å². The molecular weight excluding hydrogens is 407 g/mol. The van der Waals surface area contributed by atoms with Crippen LogP contribution in [0.4, 0.5) is 0 Å². The highest BCUT2D eigenvalue weighted by Gasteiger charge is 2.20. The number of hydrogen-bond acceptors (Lipinski definition) is 3. The van der Waals surface area contributed by atoms with E-state index in [2.05, 4.69) is 85.3 Å². The summed E-state index contributed by atoms with van der Waals surface area (Å²) in [6.07, 6.45) is 0. The molecule has 18 heavy (non-hydrogen) atoms. The number of benzene rings is 1. The van der Waals surface area contributed by atoms with E-state index in [0.717, 1.165) is 16.8 Å². The van der Waals surface area contributed by atoms with E-state index < -0.39 is 0 Å². The fourth-order valence-corrected chi connectivity index (χ4v) is 2.79. The molecule has 1 N–H and O–H groups in total. The summed E-state index contributed by atoms with van der Waals surface area (Å²) in [6.45, 7) is 2.98. The third kappa shape index (κ3) is 2.92. The van der Waals surface area contributed by atoms with Gasteiger partial charge in [0.15, 0.2) is 4.60 Å². The Morgan fingerprint density at radius 1 is 1.39 bits per heavy atom. The Labute approximate surface area is 128 Å². The highest BCUT2D eigenvalue weighted by Crippen LogP contribution is 2.26. The molecule has 1 heterocycles. The van der Waals surface area contributed by atoms with E-state index in [4.69, 9.17) is 0 Å². The molecule has 0 saturated heterocycles. The van der Waals surface area contributed by atoms with Crippen LogP contribution in [-0.2, 0) is 7.05 Å². The highest BCUT2D eigenvalue weighted by molar-refractivity contribution is 14.1. The van der Waals surface area contributed by atoms with E-state index in [1.165, 1.54) is 9.13 Å². The van der Waals surface area contributed by atoms with Crippen molar-refractivity contribution in [2.45, 2.75) is 13.0 Å². The number of rotatable bonds is 4. The van der Waals surface area contributed by atoms with Crippen molar-refractivity contribution in [2.75, 3.05) is 6.54 Å². The smallest absolute Gasteiger partial charge is 0.153 e. The molecule has 0 aliphatic rings. The molecule has 96 valence electrons. The first-order valence-corrected chi connectivity index (χ1v) is 7.54. The molecule has 0 radical (unpaired) electrons. The predicted octanol–water partition coefficient (Wildman–Crippen LogP) is 2.88. The first-order valence-electron chi connectivity index (χ1n) is 5.67. The van der Waals surface area contributed by atoms with Crippen molar-refractivity contribution < 1.29 is 0 Å². The number of nitrogens with one attached hydrogen (secondary N) is 1. The minimum atomic E-state index is 0.0985. The topological polar surface area (TPSA) is 42.7 Å². The molecule has 0 fully saturated rings. The lowest BCUT2D eigenvalue weighted by Crippen LogP contribution is -2.24. The van der Waals surface area contributed by atoms with Crippen LogP contribution in [-0.4, -0.2) is 21.5 Å². The van der Waals surface area contributed by atoms with Gasteiger partial charge < -0.3 is 5.32 Å². The number of aryl methyl sites for hydroxylation is 1. The summed E-state index contributed by atoms with van der Waals surface area (Å²) in [5.41, 5.74) is 2.25. The predicted molar refractivity (Wildman–Crippen MR) is 83.4 cm³/mol. The van der Waals surface area contributed by atoms with E-state index in [1.54, 1.807) is 4.68 Å². The monoisotopic (exact) mass is 420 g/mol. The number of hydrogen-bond donors (Lipinski definition) is 1. The summed E-state index contributed by atoms with van der Waals surface area (Å²) in [4.78, 5) is 0. The van der Waals surface area contributed by atoms with Gasteiger partial charge >= 0.3 is 0 Å². The maximum Gasteiger partial charge on any atom is 0.153 e. The van der Waals surface area contributed by atoms with Crippen molar-refractivity contribution in [3.63, 3.8) is 0 Å². The molecule has 0 aliphatic carbocycles. The van der Waals surface area contributed by atoms with E-state index in [0.29, 0.717) is 0 Å². The van der Waals surface area contributed by atoms with Gasteiger partial charge in [0.25, 0.3) is 0 Å². The fraction of sp³-hybridized carbons (Fsp3) is 0.333. The maximum absolute atomic E-state index is 4.05. The Balaban J connectivity index is 2.43. The SMILES string of the molecule is CCNC(c1ccc(I)cc1)c1c(Br)nnn1C. The second kappa shape index (κ2) is 6.12. The normalized spacial score (nSPS) is 12.7. The molecular formula is C12H14BrIN4. The summed E-state index contributed by atoms with van der Waals surface area (Å²) < 4.78 is 3.82. The highest BCUT2D eigenvalue weighted by atomic mass is 127. The zero-order valence-corrected chi connectivity index (χ0v) is 13.9. The largest absolute Gasteiger partial charge is 0.305 e. The van der Waals surface area contributed by atoms with Gasteiger partial charge in [-0.2, -0.15) is 0 Å². The molecule has 2 aromatic rings. The second-order valence-electron chi connectivity index (χ2n) is 3.93. The van der Waals surface area contributed by atoms with Gasteiger partial charge in [-0.05, 0) is 62.8 Å². The van der Waals surface area contributed by atoms with Gasteiger partial charge in [-0.3, -0.25) is 0 Å². The third-order valence-electron chi connectivity index (χ3n) is 2.71. The second-order valence-corrected chi connectivity index (χ2v) is 5.93. The summed E-state index contributed by atoms with van der Waals surface area (Å²) in [7, 11) is 1.91. The number of halogens is 2. The van der Waals surface area contributed by atoms with Crippen LogP contribution in [0.3, 0.4) is 0 Å². The lowest BCUT2D eigenvalue weighted by molar-refractivity contribution is 0.567. The Morgan fingerprint density at radius 3 is 2.56 bits per heavy atom. The molecule has 0 aliphatic heterocycles. The Hall–Kier alpha value is -0.470. The first-order chi connectivity index (χ1) is 8.63. The number of aromatic nitrogens is 3.